The third kappa shape index (κ3) is 6.37. The third-order valence-electron chi connectivity index (χ3n) is 3.86. The number of fused-ring (bicyclic) bond motifs is 1. The van der Waals surface area contributed by atoms with Gasteiger partial charge in [-0.25, -0.2) is 0 Å². The number of amides is 1. The summed E-state index contributed by atoms with van der Waals surface area (Å²) in [5.41, 5.74) is 6.19. The summed E-state index contributed by atoms with van der Waals surface area (Å²) in [6.45, 7) is 2.95. The summed E-state index contributed by atoms with van der Waals surface area (Å²) in [5.74, 6) is 0.558. The van der Waals surface area contributed by atoms with E-state index < -0.39 is 0 Å². The van der Waals surface area contributed by atoms with Crippen molar-refractivity contribution in [1.82, 2.24) is 16.2 Å². The van der Waals surface area contributed by atoms with E-state index in [2.05, 4.69) is 23.1 Å². The van der Waals surface area contributed by atoms with Crippen LogP contribution in [0.3, 0.4) is 0 Å². The Morgan fingerprint density at radius 1 is 1.12 bits per heavy atom. The number of hydrogen-bond acceptors (Lipinski definition) is 3. The minimum absolute atomic E-state index is 0.266. The fourth-order valence-electron chi connectivity index (χ4n) is 2.43. The minimum Gasteiger partial charge on any atom is -0.497 e. The highest BCUT2D eigenvalue weighted by molar-refractivity contribution is 7.80. The zero-order chi connectivity index (χ0) is 18.8. The highest BCUT2D eigenvalue weighted by atomic mass is 32.1. The molecule has 2 aromatic rings. The van der Waals surface area contributed by atoms with E-state index in [1.165, 1.54) is 6.08 Å². The van der Waals surface area contributed by atoms with Crippen molar-refractivity contribution < 1.29 is 9.53 Å². The van der Waals surface area contributed by atoms with Crippen LogP contribution in [0.4, 0.5) is 0 Å². The molecule has 0 aliphatic heterocycles. The lowest BCUT2D eigenvalue weighted by Crippen LogP contribution is -2.46. The van der Waals surface area contributed by atoms with Gasteiger partial charge in [-0.15, -0.1) is 0 Å². The fraction of sp³-hybridized carbons (Fsp3) is 0.300. The molecule has 0 bridgehead atoms. The summed E-state index contributed by atoms with van der Waals surface area (Å²) in [5, 5.41) is 5.64. The number of rotatable bonds is 7. The van der Waals surface area contributed by atoms with Gasteiger partial charge in [-0.2, -0.15) is 0 Å². The lowest BCUT2D eigenvalue weighted by atomic mass is 10.1. The third-order valence-corrected chi connectivity index (χ3v) is 4.11. The van der Waals surface area contributed by atoms with Crippen LogP contribution in [0.1, 0.15) is 31.7 Å². The fourth-order valence-corrected chi connectivity index (χ4v) is 2.58. The van der Waals surface area contributed by atoms with Crippen LogP contribution >= 0.6 is 12.2 Å². The van der Waals surface area contributed by atoms with Gasteiger partial charge in [-0.1, -0.05) is 38.0 Å². The monoisotopic (exact) mass is 371 g/mol. The second-order valence-corrected chi connectivity index (χ2v) is 6.29. The van der Waals surface area contributed by atoms with Crippen LogP contribution in [0.25, 0.3) is 16.8 Å². The molecule has 0 fully saturated rings. The van der Waals surface area contributed by atoms with E-state index in [9.17, 15) is 4.79 Å². The Bertz CT molecular complexity index is 790. The largest absolute Gasteiger partial charge is 0.497 e. The quantitative estimate of drug-likeness (QED) is 0.301. The maximum atomic E-state index is 11.9. The van der Waals surface area contributed by atoms with E-state index in [0.29, 0.717) is 5.11 Å². The average Bonchev–Trinajstić information content (AvgIpc) is 2.67. The molecule has 6 heteroatoms. The number of methoxy groups -OCH3 is 1. The topological polar surface area (TPSA) is 62.4 Å². The summed E-state index contributed by atoms with van der Waals surface area (Å²) in [6.07, 6.45) is 6.60. The predicted molar refractivity (Wildman–Crippen MR) is 111 cm³/mol. The van der Waals surface area contributed by atoms with Crippen molar-refractivity contribution in [1.29, 1.82) is 0 Å². The van der Waals surface area contributed by atoms with E-state index in [4.69, 9.17) is 17.0 Å². The molecular formula is C20H25N3O2S. The average molecular weight is 372 g/mol. The Kier molecular flexibility index (Phi) is 7.89. The van der Waals surface area contributed by atoms with Crippen molar-refractivity contribution in [3.8, 4) is 5.75 Å². The molecule has 0 unspecified atom stereocenters. The van der Waals surface area contributed by atoms with E-state index in [1.54, 1.807) is 13.2 Å². The second-order valence-electron chi connectivity index (χ2n) is 5.88. The molecule has 0 heterocycles. The molecule has 0 spiro atoms. The molecule has 138 valence electrons. The highest BCUT2D eigenvalue weighted by Crippen LogP contribution is 2.22. The van der Waals surface area contributed by atoms with Gasteiger partial charge in [0.2, 0.25) is 0 Å². The minimum atomic E-state index is -0.266. The maximum Gasteiger partial charge on any atom is 0.262 e. The number of thiocarbonyl (C=S) groups is 1. The van der Waals surface area contributed by atoms with E-state index in [1.807, 2.05) is 36.4 Å². The van der Waals surface area contributed by atoms with Crippen LogP contribution in [0.2, 0.25) is 0 Å². The van der Waals surface area contributed by atoms with Crippen molar-refractivity contribution in [2.75, 3.05) is 13.7 Å². The van der Waals surface area contributed by atoms with E-state index in [0.717, 1.165) is 47.9 Å². The molecule has 5 nitrogen and oxygen atoms in total. The number of hydrogen-bond donors (Lipinski definition) is 3. The van der Waals surface area contributed by atoms with E-state index >= 15 is 0 Å². The summed E-state index contributed by atoms with van der Waals surface area (Å²) in [4.78, 5) is 11.9. The first-order chi connectivity index (χ1) is 12.6. The van der Waals surface area contributed by atoms with Crippen LogP contribution in [0.15, 0.2) is 42.5 Å². The Morgan fingerprint density at radius 2 is 1.88 bits per heavy atom. The SMILES string of the molecule is CCCCCNC(=S)NNC(=O)/C=C/c1ccc2cc(OC)ccc2c1. The Morgan fingerprint density at radius 3 is 2.65 bits per heavy atom. The van der Waals surface area contributed by atoms with Gasteiger partial charge in [0.15, 0.2) is 5.11 Å². The molecule has 1 amide bonds. The maximum absolute atomic E-state index is 11.9. The molecule has 0 radical (unpaired) electrons. The summed E-state index contributed by atoms with van der Waals surface area (Å²) in [7, 11) is 1.65. The number of hydrazine groups is 1. The first-order valence-corrected chi connectivity index (χ1v) is 9.13. The number of ether oxygens (including phenoxy) is 1. The van der Waals surface area contributed by atoms with Crippen molar-refractivity contribution in [2.24, 2.45) is 0 Å². The summed E-state index contributed by atoms with van der Waals surface area (Å²) < 4.78 is 5.22. The van der Waals surface area contributed by atoms with Gasteiger partial charge in [0.25, 0.3) is 5.91 Å². The van der Waals surface area contributed by atoms with Gasteiger partial charge in [0.1, 0.15) is 5.75 Å². The molecule has 0 saturated heterocycles. The molecule has 2 rings (SSSR count). The smallest absolute Gasteiger partial charge is 0.262 e. The van der Waals surface area contributed by atoms with Gasteiger partial charge in [-0.3, -0.25) is 15.6 Å². The van der Waals surface area contributed by atoms with Gasteiger partial charge >= 0.3 is 0 Å². The zero-order valence-electron chi connectivity index (χ0n) is 15.2. The molecule has 2 aromatic carbocycles. The molecule has 0 atom stereocenters. The van der Waals surface area contributed by atoms with Crippen LogP contribution < -0.4 is 20.9 Å². The summed E-state index contributed by atoms with van der Waals surface area (Å²) >= 11 is 5.10. The van der Waals surface area contributed by atoms with Crippen molar-refractivity contribution in [3.05, 3.63) is 48.0 Å². The number of carbonyl (C=O) groups is 1. The van der Waals surface area contributed by atoms with Gasteiger partial charge in [-0.05, 0) is 59.2 Å². The number of nitrogens with one attached hydrogen (secondary N) is 3. The number of carbonyl (C=O) groups excluding carboxylic acids is 1. The Balaban J connectivity index is 1.83. The highest BCUT2D eigenvalue weighted by Gasteiger charge is 2.00. The van der Waals surface area contributed by atoms with Crippen LogP contribution in [0.5, 0.6) is 5.75 Å². The number of unbranched alkanes of at least 4 members (excludes halogenated alkanes) is 2. The lowest BCUT2D eigenvalue weighted by molar-refractivity contribution is -0.116. The molecule has 3 N–H and O–H groups in total. The molecule has 0 aliphatic rings. The molecular weight excluding hydrogens is 346 g/mol. The first-order valence-electron chi connectivity index (χ1n) is 8.72. The van der Waals surface area contributed by atoms with Crippen molar-refractivity contribution in [2.45, 2.75) is 26.2 Å². The second kappa shape index (κ2) is 10.4. The zero-order valence-corrected chi connectivity index (χ0v) is 16.0. The van der Waals surface area contributed by atoms with Crippen LogP contribution in [-0.2, 0) is 4.79 Å². The van der Waals surface area contributed by atoms with Crippen molar-refractivity contribution in [3.63, 3.8) is 0 Å². The lowest BCUT2D eigenvalue weighted by Gasteiger charge is -2.10. The molecule has 26 heavy (non-hydrogen) atoms. The van der Waals surface area contributed by atoms with Gasteiger partial charge in [0, 0.05) is 12.6 Å². The molecule has 0 aromatic heterocycles. The van der Waals surface area contributed by atoms with Crippen LogP contribution in [0, 0.1) is 0 Å². The van der Waals surface area contributed by atoms with Gasteiger partial charge in [0.05, 0.1) is 7.11 Å². The number of benzene rings is 2. The normalized spacial score (nSPS) is 10.7. The first kappa shape index (κ1) is 19.7. The predicted octanol–water partition coefficient (Wildman–Crippen LogP) is 3.55. The van der Waals surface area contributed by atoms with Crippen LogP contribution in [-0.4, -0.2) is 24.7 Å². The summed E-state index contributed by atoms with van der Waals surface area (Å²) in [6, 6.07) is 11.9. The Hall–Kier alpha value is -2.60. The molecule has 0 saturated carbocycles. The van der Waals surface area contributed by atoms with Crippen molar-refractivity contribution >= 4 is 40.1 Å². The van der Waals surface area contributed by atoms with E-state index in [-0.39, 0.29) is 5.91 Å². The Labute approximate surface area is 159 Å². The molecule has 0 aliphatic carbocycles. The standard InChI is InChI=1S/C20H25N3O2S/c1-3-4-5-12-21-20(26)23-22-19(24)11-7-15-6-8-17-14-18(25-2)10-9-16(17)13-15/h6-11,13-14H,3-5,12H2,1-2H3,(H,22,24)(H2,21,23,26)/b11-7+. The van der Waals surface area contributed by atoms with Gasteiger partial charge < -0.3 is 10.1 Å².